The predicted octanol–water partition coefficient (Wildman–Crippen LogP) is 4.13. The van der Waals surface area contributed by atoms with Crippen molar-refractivity contribution in [3.63, 3.8) is 0 Å². The number of hydrogen-bond donors (Lipinski definition) is 1. The molecule has 0 aromatic heterocycles. The molecule has 0 radical (unpaired) electrons. The lowest BCUT2D eigenvalue weighted by molar-refractivity contribution is -0.139. The highest BCUT2D eigenvalue weighted by Gasteiger charge is 2.31. The third-order valence-corrected chi connectivity index (χ3v) is 3.61. The van der Waals surface area contributed by atoms with Crippen LogP contribution in [0.25, 0.3) is 0 Å². The maximum Gasteiger partial charge on any atom is 0.390 e. The zero-order chi connectivity index (χ0) is 12.8. The van der Waals surface area contributed by atoms with Crippen LogP contribution < -0.4 is 5.32 Å². The normalized spacial score (nSPS) is 15.2. The molecule has 0 bridgehead atoms. The lowest BCUT2D eigenvalue weighted by atomic mass is 9.79. The van der Waals surface area contributed by atoms with Crippen molar-refractivity contribution in [3.05, 3.63) is 0 Å². The first-order chi connectivity index (χ1) is 7.28. The molecule has 0 aromatic carbocycles. The van der Waals surface area contributed by atoms with Gasteiger partial charge in [-0.15, -0.1) is 0 Å². The van der Waals surface area contributed by atoms with Gasteiger partial charge in [0, 0.05) is 12.6 Å². The largest absolute Gasteiger partial charge is 0.390 e. The minimum absolute atomic E-state index is 0.153. The molecular formula is C12H24F3N. The predicted molar refractivity (Wildman–Crippen MR) is 61.4 cm³/mol. The van der Waals surface area contributed by atoms with Crippen LogP contribution in [0.1, 0.15) is 53.4 Å². The summed E-state index contributed by atoms with van der Waals surface area (Å²) < 4.78 is 36.4. The Labute approximate surface area is 96.8 Å². The Morgan fingerprint density at radius 2 is 1.44 bits per heavy atom. The Hall–Kier alpha value is -0.250. The fourth-order valence-electron chi connectivity index (χ4n) is 1.94. The molecular weight excluding hydrogens is 215 g/mol. The molecule has 0 spiro atoms. The summed E-state index contributed by atoms with van der Waals surface area (Å²) in [6, 6.07) is -0.496. The van der Waals surface area contributed by atoms with E-state index >= 15 is 0 Å². The van der Waals surface area contributed by atoms with E-state index in [4.69, 9.17) is 0 Å². The number of nitrogens with one attached hydrogen (secondary N) is 1. The van der Waals surface area contributed by atoms with E-state index in [-0.39, 0.29) is 5.41 Å². The van der Waals surface area contributed by atoms with Crippen LogP contribution in [0.2, 0.25) is 0 Å². The maximum atomic E-state index is 12.1. The van der Waals surface area contributed by atoms with Gasteiger partial charge in [0.25, 0.3) is 0 Å². The molecule has 0 fully saturated rings. The first-order valence-electron chi connectivity index (χ1n) is 6.08. The molecule has 0 saturated heterocycles. The molecule has 0 saturated carbocycles. The Balaban J connectivity index is 4.11. The molecule has 4 heteroatoms. The second kappa shape index (κ2) is 6.48. The molecule has 0 aromatic rings. The summed E-state index contributed by atoms with van der Waals surface area (Å²) in [6.07, 6.45) is -1.80. The highest BCUT2D eigenvalue weighted by Crippen LogP contribution is 2.30. The molecule has 0 aliphatic carbocycles. The van der Waals surface area contributed by atoms with Crippen LogP contribution in [0.4, 0.5) is 13.2 Å². The third-order valence-electron chi connectivity index (χ3n) is 3.61. The summed E-state index contributed by atoms with van der Waals surface area (Å²) in [5, 5.41) is 3.01. The first kappa shape index (κ1) is 15.8. The van der Waals surface area contributed by atoms with Crippen molar-refractivity contribution in [2.75, 3.05) is 6.54 Å². The van der Waals surface area contributed by atoms with E-state index in [1.165, 1.54) is 0 Å². The molecule has 1 N–H and O–H groups in total. The number of halogens is 3. The molecule has 0 amide bonds. The van der Waals surface area contributed by atoms with Crippen molar-refractivity contribution in [1.29, 1.82) is 0 Å². The van der Waals surface area contributed by atoms with Crippen LogP contribution in [0.15, 0.2) is 0 Å². The zero-order valence-electron chi connectivity index (χ0n) is 10.7. The third kappa shape index (κ3) is 5.73. The highest BCUT2D eigenvalue weighted by atomic mass is 19.4. The molecule has 0 aliphatic heterocycles. The Morgan fingerprint density at radius 1 is 1.00 bits per heavy atom. The van der Waals surface area contributed by atoms with E-state index in [0.717, 1.165) is 19.3 Å². The standard InChI is InChI=1S/C12H24F3N/c1-5-11(6-2,7-3)9-16-10(4)8-12(13,14)15/h10,16H,5-9H2,1-4H3. The van der Waals surface area contributed by atoms with Crippen LogP contribution in [-0.2, 0) is 0 Å². The second-order valence-electron chi connectivity index (χ2n) is 4.66. The van der Waals surface area contributed by atoms with Crippen LogP contribution in [-0.4, -0.2) is 18.8 Å². The molecule has 0 heterocycles. The van der Waals surface area contributed by atoms with Gasteiger partial charge >= 0.3 is 6.18 Å². The maximum absolute atomic E-state index is 12.1. The first-order valence-corrected chi connectivity index (χ1v) is 6.08. The van der Waals surface area contributed by atoms with Gasteiger partial charge in [-0.1, -0.05) is 20.8 Å². The average Bonchev–Trinajstić information content (AvgIpc) is 2.18. The van der Waals surface area contributed by atoms with E-state index < -0.39 is 18.6 Å². The van der Waals surface area contributed by atoms with Crippen molar-refractivity contribution >= 4 is 0 Å². The van der Waals surface area contributed by atoms with Crippen LogP contribution in [0, 0.1) is 5.41 Å². The molecule has 16 heavy (non-hydrogen) atoms. The molecule has 0 rings (SSSR count). The van der Waals surface area contributed by atoms with E-state index in [9.17, 15) is 13.2 Å². The van der Waals surface area contributed by atoms with E-state index in [2.05, 4.69) is 26.1 Å². The number of hydrogen-bond acceptors (Lipinski definition) is 1. The molecule has 1 nitrogen and oxygen atoms in total. The van der Waals surface area contributed by atoms with Crippen LogP contribution in [0.5, 0.6) is 0 Å². The quantitative estimate of drug-likeness (QED) is 0.704. The Morgan fingerprint density at radius 3 is 1.75 bits per heavy atom. The van der Waals surface area contributed by atoms with E-state index in [1.807, 2.05) is 0 Å². The monoisotopic (exact) mass is 239 g/mol. The van der Waals surface area contributed by atoms with Gasteiger partial charge in [-0.25, -0.2) is 0 Å². The molecule has 1 unspecified atom stereocenters. The van der Waals surface area contributed by atoms with Crippen LogP contribution in [0.3, 0.4) is 0 Å². The highest BCUT2D eigenvalue weighted by molar-refractivity contribution is 4.79. The van der Waals surface area contributed by atoms with Crippen molar-refractivity contribution in [2.45, 2.75) is 65.6 Å². The summed E-state index contributed by atoms with van der Waals surface area (Å²) in [6.45, 7) is 8.57. The topological polar surface area (TPSA) is 12.0 Å². The van der Waals surface area contributed by atoms with Gasteiger partial charge in [0.1, 0.15) is 0 Å². The van der Waals surface area contributed by atoms with E-state index in [1.54, 1.807) is 6.92 Å². The van der Waals surface area contributed by atoms with Crippen molar-refractivity contribution in [2.24, 2.45) is 5.41 Å². The van der Waals surface area contributed by atoms with Crippen molar-refractivity contribution in [1.82, 2.24) is 5.32 Å². The van der Waals surface area contributed by atoms with Gasteiger partial charge in [0.15, 0.2) is 0 Å². The fourth-order valence-corrected chi connectivity index (χ4v) is 1.94. The average molecular weight is 239 g/mol. The minimum Gasteiger partial charge on any atom is -0.313 e. The number of alkyl halides is 3. The number of rotatable bonds is 7. The summed E-state index contributed by atoms with van der Waals surface area (Å²) in [5.74, 6) is 0. The SMILES string of the molecule is CCC(CC)(CC)CNC(C)CC(F)(F)F. The lowest BCUT2D eigenvalue weighted by Crippen LogP contribution is -2.39. The van der Waals surface area contributed by atoms with E-state index in [0.29, 0.717) is 6.54 Å². The molecule has 98 valence electrons. The summed E-state index contributed by atoms with van der Waals surface area (Å²) in [4.78, 5) is 0. The van der Waals surface area contributed by atoms with Gasteiger partial charge in [0.2, 0.25) is 0 Å². The van der Waals surface area contributed by atoms with Gasteiger partial charge in [-0.05, 0) is 31.6 Å². The molecule has 1 atom stereocenters. The van der Waals surface area contributed by atoms with Crippen LogP contribution >= 0.6 is 0 Å². The minimum atomic E-state index is -4.07. The second-order valence-corrected chi connectivity index (χ2v) is 4.66. The van der Waals surface area contributed by atoms with Gasteiger partial charge in [-0.3, -0.25) is 0 Å². The smallest absolute Gasteiger partial charge is 0.313 e. The Kier molecular flexibility index (Phi) is 6.38. The van der Waals surface area contributed by atoms with Gasteiger partial charge < -0.3 is 5.32 Å². The van der Waals surface area contributed by atoms with Gasteiger partial charge in [0.05, 0.1) is 6.42 Å². The van der Waals surface area contributed by atoms with Gasteiger partial charge in [-0.2, -0.15) is 13.2 Å². The Bertz CT molecular complexity index is 177. The van der Waals surface area contributed by atoms with Crippen molar-refractivity contribution in [3.8, 4) is 0 Å². The van der Waals surface area contributed by atoms with Crippen molar-refractivity contribution < 1.29 is 13.2 Å². The summed E-state index contributed by atoms with van der Waals surface area (Å²) in [7, 11) is 0. The lowest BCUT2D eigenvalue weighted by Gasteiger charge is -2.32. The zero-order valence-corrected chi connectivity index (χ0v) is 10.7. The summed E-state index contributed by atoms with van der Waals surface area (Å²) >= 11 is 0. The summed E-state index contributed by atoms with van der Waals surface area (Å²) in [5.41, 5.74) is 0.153. The molecule has 0 aliphatic rings. The fraction of sp³-hybridized carbons (Fsp3) is 1.00.